The molecule has 0 aliphatic heterocycles. The lowest BCUT2D eigenvalue weighted by atomic mass is 9.96. The van der Waals surface area contributed by atoms with Crippen LogP contribution in [-0.2, 0) is 5.41 Å². The molecule has 0 saturated heterocycles. The SMILES string of the molecule is Cc1cccc(-c2[nH]c(C(C)(C)C)nc2-c2ccnc(-c3ccc(O)cc3)c2)n1. The van der Waals surface area contributed by atoms with Crippen molar-refractivity contribution in [3.63, 3.8) is 0 Å². The molecule has 0 radical (unpaired) electrons. The molecule has 3 aromatic heterocycles. The van der Waals surface area contributed by atoms with Crippen LogP contribution >= 0.6 is 0 Å². The molecule has 5 nitrogen and oxygen atoms in total. The van der Waals surface area contributed by atoms with Gasteiger partial charge in [-0.1, -0.05) is 26.8 Å². The highest BCUT2D eigenvalue weighted by atomic mass is 16.3. The minimum Gasteiger partial charge on any atom is -0.508 e. The average molecular weight is 384 g/mol. The first-order valence-electron chi connectivity index (χ1n) is 9.61. The topological polar surface area (TPSA) is 74.7 Å². The number of aromatic amines is 1. The van der Waals surface area contributed by atoms with Gasteiger partial charge in [0.25, 0.3) is 0 Å². The van der Waals surface area contributed by atoms with Gasteiger partial charge in [0, 0.05) is 28.4 Å². The van der Waals surface area contributed by atoms with Gasteiger partial charge in [-0.2, -0.15) is 0 Å². The lowest BCUT2D eigenvalue weighted by Crippen LogP contribution is -2.13. The number of nitrogens with zero attached hydrogens (tertiary/aromatic N) is 3. The van der Waals surface area contributed by atoms with Crippen molar-refractivity contribution in [3.05, 3.63) is 72.3 Å². The maximum absolute atomic E-state index is 9.56. The highest BCUT2D eigenvalue weighted by Gasteiger charge is 2.23. The zero-order valence-electron chi connectivity index (χ0n) is 17.1. The van der Waals surface area contributed by atoms with E-state index in [0.29, 0.717) is 0 Å². The fraction of sp³-hybridized carbons (Fsp3) is 0.208. The van der Waals surface area contributed by atoms with Gasteiger partial charge in [0.05, 0.1) is 22.8 Å². The molecule has 4 rings (SSSR count). The molecule has 1 aromatic carbocycles. The van der Waals surface area contributed by atoms with Crippen LogP contribution < -0.4 is 0 Å². The summed E-state index contributed by atoms with van der Waals surface area (Å²) in [6.45, 7) is 8.39. The Morgan fingerprint density at radius 3 is 2.31 bits per heavy atom. The van der Waals surface area contributed by atoms with Crippen molar-refractivity contribution < 1.29 is 5.11 Å². The number of phenols is 1. The van der Waals surface area contributed by atoms with E-state index in [0.717, 1.165) is 45.4 Å². The molecule has 0 unspecified atom stereocenters. The quantitative estimate of drug-likeness (QED) is 0.488. The summed E-state index contributed by atoms with van der Waals surface area (Å²) < 4.78 is 0. The molecule has 0 bridgehead atoms. The van der Waals surface area contributed by atoms with Gasteiger partial charge in [-0.3, -0.25) is 9.97 Å². The molecule has 0 amide bonds. The fourth-order valence-corrected chi connectivity index (χ4v) is 3.17. The predicted molar refractivity (Wildman–Crippen MR) is 116 cm³/mol. The summed E-state index contributed by atoms with van der Waals surface area (Å²) in [5.41, 5.74) is 6.19. The van der Waals surface area contributed by atoms with Crippen LogP contribution in [0.2, 0.25) is 0 Å². The fourth-order valence-electron chi connectivity index (χ4n) is 3.17. The highest BCUT2D eigenvalue weighted by molar-refractivity contribution is 5.79. The number of phenolic OH excluding ortho intramolecular Hbond substituents is 1. The molecule has 146 valence electrons. The first kappa shape index (κ1) is 18.9. The third-order valence-electron chi connectivity index (χ3n) is 4.76. The van der Waals surface area contributed by atoms with E-state index in [1.165, 1.54) is 0 Å². The summed E-state index contributed by atoms with van der Waals surface area (Å²) in [4.78, 5) is 17.6. The average Bonchev–Trinajstić information content (AvgIpc) is 3.15. The van der Waals surface area contributed by atoms with E-state index in [4.69, 9.17) is 9.97 Å². The van der Waals surface area contributed by atoms with Crippen molar-refractivity contribution in [3.8, 4) is 39.7 Å². The van der Waals surface area contributed by atoms with Crippen molar-refractivity contribution in [2.45, 2.75) is 33.1 Å². The van der Waals surface area contributed by atoms with Crippen molar-refractivity contribution in [2.24, 2.45) is 0 Å². The standard InChI is InChI=1S/C24H24N4O/c1-15-6-5-7-19(26-15)22-21(27-23(28-22)24(2,3)4)17-12-13-25-20(14-17)16-8-10-18(29)11-9-16/h5-14,29H,1-4H3,(H,27,28). The Hall–Kier alpha value is -3.47. The van der Waals surface area contributed by atoms with Gasteiger partial charge in [-0.05, 0) is 55.5 Å². The van der Waals surface area contributed by atoms with E-state index in [2.05, 4.69) is 30.7 Å². The van der Waals surface area contributed by atoms with E-state index in [1.807, 2.05) is 49.4 Å². The number of imidazole rings is 1. The highest BCUT2D eigenvalue weighted by Crippen LogP contribution is 2.34. The molecule has 0 aliphatic rings. The third-order valence-corrected chi connectivity index (χ3v) is 4.76. The van der Waals surface area contributed by atoms with Crippen LogP contribution in [0.3, 0.4) is 0 Å². The van der Waals surface area contributed by atoms with Crippen molar-refractivity contribution in [2.75, 3.05) is 0 Å². The van der Waals surface area contributed by atoms with Gasteiger partial charge in [0.1, 0.15) is 11.6 Å². The van der Waals surface area contributed by atoms with Crippen LogP contribution in [0.5, 0.6) is 5.75 Å². The van der Waals surface area contributed by atoms with E-state index < -0.39 is 0 Å². The van der Waals surface area contributed by atoms with Gasteiger partial charge >= 0.3 is 0 Å². The molecule has 3 heterocycles. The van der Waals surface area contributed by atoms with Gasteiger partial charge in [-0.25, -0.2) is 4.98 Å². The second-order valence-corrected chi connectivity index (χ2v) is 8.20. The predicted octanol–water partition coefficient (Wildman–Crippen LogP) is 5.51. The summed E-state index contributed by atoms with van der Waals surface area (Å²) in [6.07, 6.45) is 1.79. The largest absolute Gasteiger partial charge is 0.508 e. The lowest BCUT2D eigenvalue weighted by molar-refractivity contribution is 0.475. The Kier molecular flexibility index (Phi) is 4.66. The lowest BCUT2D eigenvalue weighted by Gasteiger charge is -2.14. The zero-order valence-corrected chi connectivity index (χ0v) is 17.1. The van der Waals surface area contributed by atoms with Crippen molar-refractivity contribution in [1.29, 1.82) is 0 Å². The smallest absolute Gasteiger partial charge is 0.115 e. The van der Waals surface area contributed by atoms with Crippen molar-refractivity contribution in [1.82, 2.24) is 19.9 Å². The van der Waals surface area contributed by atoms with Crippen LogP contribution in [0.25, 0.3) is 33.9 Å². The molecular weight excluding hydrogens is 360 g/mol. The van der Waals surface area contributed by atoms with Gasteiger partial charge < -0.3 is 10.1 Å². The number of hydrogen-bond donors (Lipinski definition) is 2. The van der Waals surface area contributed by atoms with Crippen molar-refractivity contribution >= 4 is 0 Å². The molecule has 2 N–H and O–H groups in total. The van der Waals surface area contributed by atoms with Crippen LogP contribution in [0.1, 0.15) is 32.3 Å². The molecule has 0 spiro atoms. The maximum Gasteiger partial charge on any atom is 0.115 e. The maximum atomic E-state index is 9.56. The summed E-state index contributed by atoms with van der Waals surface area (Å²) >= 11 is 0. The van der Waals surface area contributed by atoms with Crippen LogP contribution in [0.15, 0.2) is 60.8 Å². The second-order valence-electron chi connectivity index (χ2n) is 8.20. The first-order chi connectivity index (χ1) is 13.8. The van der Waals surface area contributed by atoms with Crippen LogP contribution in [0, 0.1) is 6.92 Å². The number of rotatable bonds is 3. The van der Waals surface area contributed by atoms with Gasteiger partial charge in [-0.15, -0.1) is 0 Å². The number of H-pyrrole nitrogens is 1. The molecule has 5 heteroatoms. The van der Waals surface area contributed by atoms with Crippen LogP contribution in [0.4, 0.5) is 0 Å². The first-order valence-corrected chi connectivity index (χ1v) is 9.61. The summed E-state index contributed by atoms with van der Waals surface area (Å²) in [5.74, 6) is 1.15. The molecule has 0 atom stereocenters. The van der Waals surface area contributed by atoms with E-state index in [-0.39, 0.29) is 11.2 Å². The Balaban J connectivity index is 1.87. The van der Waals surface area contributed by atoms with E-state index in [9.17, 15) is 5.11 Å². The number of aromatic nitrogens is 4. The molecule has 0 aliphatic carbocycles. The monoisotopic (exact) mass is 384 g/mol. The van der Waals surface area contributed by atoms with E-state index in [1.54, 1.807) is 18.3 Å². The molecule has 0 fully saturated rings. The summed E-state index contributed by atoms with van der Waals surface area (Å²) in [6, 6.07) is 17.0. The Bertz CT molecular complexity index is 1150. The summed E-state index contributed by atoms with van der Waals surface area (Å²) in [7, 11) is 0. The normalized spacial score (nSPS) is 11.6. The number of nitrogens with one attached hydrogen (secondary N) is 1. The molecule has 29 heavy (non-hydrogen) atoms. The number of aromatic hydroxyl groups is 1. The number of pyridine rings is 2. The molecular formula is C24H24N4O. The Labute approximate surface area is 170 Å². The number of hydrogen-bond acceptors (Lipinski definition) is 4. The van der Waals surface area contributed by atoms with Gasteiger partial charge in [0.2, 0.25) is 0 Å². The molecule has 0 saturated carbocycles. The second kappa shape index (κ2) is 7.17. The third kappa shape index (κ3) is 3.90. The minimum absolute atomic E-state index is 0.121. The van der Waals surface area contributed by atoms with Gasteiger partial charge in [0.15, 0.2) is 0 Å². The minimum atomic E-state index is -0.121. The van der Waals surface area contributed by atoms with E-state index >= 15 is 0 Å². The Morgan fingerprint density at radius 2 is 1.62 bits per heavy atom. The van der Waals surface area contributed by atoms with Crippen LogP contribution in [-0.4, -0.2) is 25.0 Å². The number of benzene rings is 1. The number of aryl methyl sites for hydroxylation is 1. The summed E-state index contributed by atoms with van der Waals surface area (Å²) in [5, 5.41) is 9.56. The Morgan fingerprint density at radius 1 is 0.862 bits per heavy atom. The molecule has 4 aromatic rings. The zero-order chi connectivity index (χ0) is 20.6.